The highest BCUT2D eigenvalue weighted by Crippen LogP contribution is 2.52. The maximum Gasteiger partial charge on any atom is 0.494 e. The van der Waals surface area contributed by atoms with Crippen molar-refractivity contribution in [2.24, 2.45) is 11.8 Å². The Morgan fingerprint density at radius 3 is 2.50 bits per heavy atom. The van der Waals surface area contributed by atoms with E-state index in [1.807, 2.05) is 17.5 Å². The summed E-state index contributed by atoms with van der Waals surface area (Å²) in [4.78, 5) is 9.78. The molecule has 2 aromatic carbocycles. The van der Waals surface area contributed by atoms with Gasteiger partial charge in [-0.25, -0.2) is 4.98 Å². The van der Waals surface area contributed by atoms with Crippen LogP contribution in [0.15, 0.2) is 42.6 Å². The molecule has 2 aromatic heterocycles. The number of hydrogen-bond acceptors (Lipinski definition) is 4. The van der Waals surface area contributed by atoms with Gasteiger partial charge in [0.1, 0.15) is 5.82 Å². The number of imidazole rings is 1. The fourth-order valence-corrected chi connectivity index (χ4v) is 7.49. The van der Waals surface area contributed by atoms with Crippen LogP contribution in [0.5, 0.6) is 0 Å². The predicted molar refractivity (Wildman–Crippen MR) is 141 cm³/mol. The minimum Gasteiger partial charge on any atom is -0.399 e. The summed E-state index contributed by atoms with van der Waals surface area (Å²) < 4.78 is 13.9. The van der Waals surface area contributed by atoms with E-state index in [0.717, 1.165) is 23.0 Å². The Balaban J connectivity index is 1.21. The van der Waals surface area contributed by atoms with Gasteiger partial charge >= 0.3 is 7.12 Å². The first kappa shape index (κ1) is 21.2. The van der Waals surface area contributed by atoms with E-state index < -0.39 is 0 Å². The monoisotopic (exact) mass is 470 g/mol. The Hall–Kier alpha value is -2.15. The van der Waals surface area contributed by atoms with Crippen molar-refractivity contribution in [3.05, 3.63) is 48.4 Å². The quantitative estimate of drug-likeness (QED) is 0.341. The van der Waals surface area contributed by atoms with Gasteiger partial charge in [0.25, 0.3) is 0 Å². The summed E-state index contributed by atoms with van der Waals surface area (Å²) >= 11 is 1.85. The zero-order valence-electron chi connectivity index (χ0n) is 20.4. The highest BCUT2D eigenvalue weighted by atomic mass is 32.1. The van der Waals surface area contributed by atoms with Gasteiger partial charge in [0.15, 0.2) is 0 Å². The van der Waals surface area contributed by atoms with Crippen molar-refractivity contribution < 1.29 is 9.31 Å². The molecule has 174 valence electrons. The van der Waals surface area contributed by atoms with E-state index in [1.54, 1.807) is 0 Å². The largest absolute Gasteiger partial charge is 0.494 e. The van der Waals surface area contributed by atoms with Crippen molar-refractivity contribution in [1.29, 1.82) is 0 Å². The molecule has 3 fully saturated rings. The van der Waals surface area contributed by atoms with E-state index in [2.05, 4.69) is 69.1 Å². The summed E-state index contributed by atoms with van der Waals surface area (Å²) in [5, 5.41) is 3.79. The van der Waals surface area contributed by atoms with Crippen LogP contribution in [0.25, 0.3) is 31.4 Å². The van der Waals surface area contributed by atoms with Gasteiger partial charge in [0.05, 0.1) is 28.0 Å². The molecule has 3 atom stereocenters. The lowest BCUT2D eigenvalue weighted by atomic mass is 9.78. The van der Waals surface area contributed by atoms with Crippen molar-refractivity contribution in [2.75, 3.05) is 0 Å². The Bertz CT molecular complexity index is 1400. The zero-order valence-corrected chi connectivity index (χ0v) is 21.2. The van der Waals surface area contributed by atoms with Crippen molar-refractivity contribution in [3.63, 3.8) is 0 Å². The highest BCUT2D eigenvalue weighted by molar-refractivity contribution is 7.23. The molecule has 3 heterocycles. The second kappa shape index (κ2) is 7.19. The van der Waals surface area contributed by atoms with Crippen LogP contribution in [0.2, 0.25) is 0 Å². The first-order chi connectivity index (χ1) is 16.3. The van der Waals surface area contributed by atoms with Crippen LogP contribution in [-0.4, -0.2) is 28.3 Å². The van der Waals surface area contributed by atoms with E-state index >= 15 is 0 Å². The lowest BCUT2D eigenvalue weighted by Gasteiger charge is -2.32. The maximum atomic E-state index is 6.28. The number of rotatable bonds is 3. The summed E-state index contributed by atoms with van der Waals surface area (Å²) in [5.41, 5.74) is 1.56. The molecule has 4 nitrogen and oxygen atoms in total. The second-order valence-corrected chi connectivity index (χ2v) is 12.7. The highest BCUT2D eigenvalue weighted by Gasteiger charge is 2.51. The molecule has 1 saturated heterocycles. The molecule has 34 heavy (non-hydrogen) atoms. The number of aromatic amines is 1. The van der Waals surface area contributed by atoms with Crippen LogP contribution in [-0.2, 0) is 9.31 Å². The van der Waals surface area contributed by atoms with Gasteiger partial charge in [-0.2, -0.15) is 0 Å². The van der Waals surface area contributed by atoms with E-state index in [-0.39, 0.29) is 18.3 Å². The van der Waals surface area contributed by atoms with Gasteiger partial charge in [-0.3, -0.25) is 0 Å². The molecule has 2 aliphatic carbocycles. The van der Waals surface area contributed by atoms with Gasteiger partial charge in [-0.1, -0.05) is 36.8 Å². The Labute approximate surface area is 205 Å². The second-order valence-electron chi connectivity index (χ2n) is 11.6. The molecular weight excluding hydrogens is 439 g/mol. The lowest BCUT2D eigenvalue weighted by Crippen LogP contribution is -2.41. The Kier molecular flexibility index (Phi) is 4.47. The van der Waals surface area contributed by atoms with Gasteiger partial charge in [0.2, 0.25) is 0 Å². The first-order valence-corrected chi connectivity index (χ1v) is 13.5. The van der Waals surface area contributed by atoms with Gasteiger partial charge in [-0.05, 0) is 86.5 Å². The third-order valence-electron chi connectivity index (χ3n) is 9.00. The summed E-state index contributed by atoms with van der Waals surface area (Å²) in [6, 6.07) is 13.4. The van der Waals surface area contributed by atoms with E-state index in [1.165, 1.54) is 57.2 Å². The maximum absolute atomic E-state index is 6.28. The number of nitrogens with zero attached hydrogens (tertiary/aromatic N) is 1. The first-order valence-electron chi connectivity index (χ1n) is 12.6. The number of aromatic nitrogens is 2. The number of H-pyrrole nitrogens is 1. The van der Waals surface area contributed by atoms with Crippen molar-refractivity contribution in [1.82, 2.24) is 9.97 Å². The molecule has 0 radical (unpaired) electrons. The lowest BCUT2D eigenvalue weighted by molar-refractivity contribution is 0.00578. The molecule has 3 aliphatic rings. The molecule has 0 spiro atoms. The number of nitrogens with one attached hydrogen (secondary N) is 1. The topological polar surface area (TPSA) is 47.1 Å². The summed E-state index contributed by atoms with van der Waals surface area (Å²) in [6.07, 6.45) is 7.58. The fourth-order valence-electron chi connectivity index (χ4n) is 6.33. The Morgan fingerprint density at radius 1 is 0.971 bits per heavy atom. The van der Waals surface area contributed by atoms with Gasteiger partial charge < -0.3 is 14.3 Å². The number of benzene rings is 2. The number of hydrogen-bond donors (Lipinski definition) is 1. The SMILES string of the molecule is CC1(C)OB(c2ccc3c(ccc4cc(-c5cnc([C@H]6C[C@@H]7CC[C@H]6C7)[nH]5)sc43)c2)OC1(C)C. The molecule has 2 saturated carbocycles. The minimum atomic E-state index is -0.335. The van der Waals surface area contributed by atoms with Crippen molar-refractivity contribution in [2.45, 2.75) is 70.5 Å². The molecule has 1 aliphatic heterocycles. The molecule has 1 N–H and O–H groups in total. The van der Waals surface area contributed by atoms with Crippen molar-refractivity contribution >= 4 is 44.8 Å². The number of thiophene rings is 1. The average molecular weight is 470 g/mol. The van der Waals surface area contributed by atoms with Crippen molar-refractivity contribution in [3.8, 4) is 10.6 Å². The molecule has 2 bridgehead atoms. The average Bonchev–Trinajstić information content (AvgIpc) is 3.61. The molecule has 0 unspecified atom stereocenters. The van der Waals surface area contributed by atoms with Crippen LogP contribution in [0, 0.1) is 11.8 Å². The standard InChI is InChI=1S/C28H31BN2O2S/c1-27(2)28(3,4)33-29(32-27)20-9-10-21-18(13-20)7-8-19-14-24(34-25(19)21)23-15-30-26(31-23)22-12-16-5-6-17(22)11-16/h7-10,13-17,22H,5-6,11-12H2,1-4H3,(H,30,31)/t16-,17+,22+/m1/s1. The van der Waals surface area contributed by atoms with E-state index in [9.17, 15) is 0 Å². The molecule has 6 heteroatoms. The van der Waals surface area contributed by atoms with Crippen LogP contribution >= 0.6 is 11.3 Å². The molecule has 7 rings (SSSR count). The van der Waals surface area contributed by atoms with Crippen LogP contribution in [0.1, 0.15) is 65.1 Å². The summed E-state index contributed by atoms with van der Waals surface area (Å²) in [5.74, 6) is 3.61. The van der Waals surface area contributed by atoms with E-state index in [0.29, 0.717) is 5.92 Å². The van der Waals surface area contributed by atoms with Gasteiger partial charge in [0, 0.05) is 10.6 Å². The number of fused-ring (bicyclic) bond motifs is 5. The smallest absolute Gasteiger partial charge is 0.399 e. The van der Waals surface area contributed by atoms with Crippen LogP contribution in [0.3, 0.4) is 0 Å². The zero-order chi connectivity index (χ0) is 23.2. The third kappa shape index (κ3) is 3.15. The summed E-state index contributed by atoms with van der Waals surface area (Å²) in [7, 11) is -0.335. The minimum absolute atomic E-state index is 0.333. The summed E-state index contributed by atoms with van der Waals surface area (Å²) in [6.45, 7) is 8.40. The molecular formula is C28H31BN2O2S. The molecule has 0 amide bonds. The van der Waals surface area contributed by atoms with Crippen LogP contribution in [0.4, 0.5) is 0 Å². The molecule has 4 aromatic rings. The fraction of sp³-hybridized carbons (Fsp3) is 0.464. The third-order valence-corrected chi connectivity index (χ3v) is 10.2. The predicted octanol–water partition coefficient (Wildman–Crippen LogP) is 6.65. The van der Waals surface area contributed by atoms with Gasteiger partial charge in [-0.15, -0.1) is 11.3 Å². The van der Waals surface area contributed by atoms with E-state index in [4.69, 9.17) is 14.3 Å². The Morgan fingerprint density at radius 2 is 1.76 bits per heavy atom. The normalized spacial score (nSPS) is 27.4. The van der Waals surface area contributed by atoms with Crippen LogP contribution < -0.4 is 5.46 Å².